The molecule has 2 N–H and O–H groups in total. The third-order valence-corrected chi connectivity index (χ3v) is 4.10. The lowest BCUT2D eigenvalue weighted by Gasteiger charge is -2.32. The lowest BCUT2D eigenvalue weighted by molar-refractivity contribution is 0.0919. The van der Waals surface area contributed by atoms with Crippen molar-refractivity contribution in [2.75, 3.05) is 7.11 Å². The summed E-state index contributed by atoms with van der Waals surface area (Å²) in [5.41, 5.74) is 6.59. The predicted octanol–water partition coefficient (Wildman–Crippen LogP) is 2.71. The summed E-state index contributed by atoms with van der Waals surface area (Å²) in [5, 5.41) is 4.25. The SMILES string of the molecule is COc1cnn(C(C)C)c1C(=O)CC1(N)CCCCC1. The number of hydrogen-bond acceptors (Lipinski definition) is 4. The Balaban J connectivity index is 2.22. The maximum atomic E-state index is 12.7. The summed E-state index contributed by atoms with van der Waals surface area (Å²) in [6, 6.07) is 0.123. The first-order chi connectivity index (χ1) is 9.47. The highest BCUT2D eigenvalue weighted by Gasteiger charge is 2.33. The van der Waals surface area contributed by atoms with Gasteiger partial charge in [0.05, 0.1) is 13.3 Å². The zero-order valence-corrected chi connectivity index (χ0v) is 12.7. The summed E-state index contributed by atoms with van der Waals surface area (Å²) < 4.78 is 7.00. The molecule has 20 heavy (non-hydrogen) atoms. The topological polar surface area (TPSA) is 70.1 Å². The first-order valence-corrected chi connectivity index (χ1v) is 7.40. The Hall–Kier alpha value is -1.36. The first kappa shape index (κ1) is 15.0. The van der Waals surface area contributed by atoms with Gasteiger partial charge in [-0.3, -0.25) is 9.48 Å². The fourth-order valence-corrected chi connectivity index (χ4v) is 2.99. The highest BCUT2D eigenvalue weighted by molar-refractivity contribution is 5.97. The fraction of sp³-hybridized carbons (Fsp3) is 0.733. The molecular weight excluding hydrogens is 254 g/mol. The van der Waals surface area contributed by atoms with Gasteiger partial charge in [0.1, 0.15) is 5.69 Å². The summed E-state index contributed by atoms with van der Waals surface area (Å²) >= 11 is 0. The number of ketones is 1. The van der Waals surface area contributed by atoms with Gasteiger partial charge in [-0.2, -0.15) is 5.10 Å². The van der Waals surface area contributed by atoms with Crippen molar-refractivity contribution in [2.45, 2.75) is 64.0 Å². The largest absolute Gasteiger partial charge is 0.493 e. The van der Waals surface area contributed by atoms with Crippen LogP contribution in [0.25, 0.3) is 0 Å². The van der Waals surface area contributed by atoms with Gasteiger partial charge in [0.15, 0.2) is 11.5 Å². The van der Waals surface area contributed by atoms with Crippen LogP contribution in [-0.4, -0.2) is 28.2 Å². The highest BCUT2D eigenvalue weighted by Crippen LogP contribution is 2.31. The van der Waals surface area contributed by atoms with Crippen molar-refractivity contribution in [3.05, 3.63) is 11.9 Å². The van der Waals surface area contributed by atoms with E-state index >= 15 is 0 Å². The molecule has 1 aliphatic carbocycles. The molecule has 0 radical (unpaired) electrons. The van der Waals surface area contributed by atoms with E-state index in [-0.39, 0.29) is 17.4 Å². The molecule has 1 saturated carbocycles. The van der Waals surface area contributed by atoms with Crippen molar-refractivity contribution in [3.63, 3.8) is 0 Å². The van der Waals surface area contributed by atoms with Crippen molar-refractivity contribution in [1.82, 2.24) is 9.78 Å². The fourth-order valence-electron chi connectivity index (χ4n) is 2.99. The monoisotopic (exact) mass is 279 g/mol. The third kappa shape index (κ3) is 3.03. The minimum atomic E-state index is -0.355. The Morgan fingerprint density at radius 2 is 2.10 bits per heavy atom. The van der Waals surface area contributed by atoms with Gasteiger partial charge in [0.25, 0.3) is 0 Å². The van der Waals surface area contributed by atoms with Crippen LogP contribution in [0.4, 0.5) is 0 Å². The van der Waals surface area contributed by atoms with Crippen molar-refractivity contribution >= 4 is 5.78 Å². The molecule has 0 saturated heterocycles. The number of aromatic nitrogens is 2. The molecule has 1 aliphatic rings. The number of nitrogens with zero attached hydrogens (tertiary/aromatic N) is 2. The maximum absolute atomic E-state index is 12.7. The molecule has 1 aromatic heterocycles. The maximum Gasteiger partial charge on any atom is 0.186 e. The molecule has 0 aromatic carbocycles. The number of carbonyl (C=O) groups excluding carboxylic acids is 1. The number of rotatable bonds is 5. The number of Topliss-reactive ketones (excluding diaryl/α,β-unsaturated/α-hetero) is 1. The number of hydrogen-bond donors (Lipinski definition) is 1. The Kier molecular flexibility index (Phi) is 4.48. The standard InChI is InChI=1S/C15H25N3O2/c1-11(2)18-14(13(20-3)10-17-18)12(19)9-15(16)7-5-4-6-8-15/h10-11H,4-9,16H2,1-3H3. The van der Waals surface area contributed by atoms with E-state index < -0.39 is 0 Å². The first-order valence-electron chi connectivity index (χ1n) is 7.40. The van der Waals surface area contributed by atoms with Crippen molar-refractivity contribution in [1.29, 1.82) is 0 Å². The van der Waals surface area contributed by atoms with Crippen LogP contribution < -0.4 is 10.5 Å². The molecule has 0 atom stereocenters. The Labute approximate surface area is 120 Å². The van der Waals surface area contributed by atoms with Crippen LogP contribution in [0.5, 0.6) is 5.75 Å². The molecule has 1 heterocycles. The minimum Gasteiger partial charge on any atom is -0.493 e. The zero-order chi connectivity index (χ0) is 14.8. The number of nitrogens with two attached hydrogens (primary N) is 1. The predicted molar refractivity (Wildman–Crippen MR) is 78.1 cm³/mol. The van der Waals surface area contributed by atoms with Crippen molar-refractivity contribution in [3.8, 4) is 5.75 Å². The van der Waals surface area contributed by atoms with Gasteiger partial charge in [0, 0.05) is 18.0 Å². The molecule has 1 aromatic rings. The van der Waals surface area contributed by atoms with Crippen LogP contribution >= 0.6 is 0 Å². The summed E-state index contributed by atoms with van der Waals surface area (Å²) in [6.45, 7) is 4.00. The quantitative estimate of drug-likeness (QED) is 0.841. The molecule has 5 nitrogen and oxygen atoms in total. The van der Waals surface area contributed by atoms with Crippen molar-refractivity contribution in [2.24, 2.45) is 5.73 Å². The van der Waals surface area contributed by atoms with Crippen LogP contribution in [-0.2, 0) is 0 Å². The van der Waals surface area contributed by atoms with E-state index in [1.165, 1.54) is 6.42 Å². The minimum absolute atomic E-state index is 0.0393. The molecule has 0 amide bonds. The van der Waals surface area contributed by atoms with E-state index in [9.17, 15) is 4.79 Å². The Morgan fingerprint density at radius 1 is 1.45 bits per heavy atom. The molecule has 0 spiro atoms. The van der Waals surface area contributed by atoms with E-state index in [4.69, 9.17) is 10.5 Å². The normalized spacial score (nSPS) is 18.2. The number of ether oxygens (including phenoxy) is 1. The van der Waals surface area contributed by atoms with Crippen LogP contribution in [0.3, 0.4) is 0 Å². The second-order valence-corrected chi connectivity index (χ2v) is 6.12. The van der Waals surface area contributed by atoms with E-state index in [0.29, 0.717) is 17.9 Å². The number of methoxy groups -OCH3 is 1. The third-order valence-electron chi connectivity index (χ3n) is 4.10. The molecule has 112 valence electrons. The summed E-state index contributed by atoms with van der Waals surface area (Å²) in [7, 11) is 1.57. The van der Waals surface area contributed by atoms with E-state index in [1.54, 1.807) is 18.0 Å². The molecular formula is C15H25N3O2. The highest BCUT2D eigenvalue weighted by atomic mass is 16.5. The van der Waals surface area contributed by atoms with Gasteiger partial charge in [-0.15, -0.1) is 0 Å². The van der Waals surface area contributed by atoms with Crippen LogP contribution in [0.15, 0.2) is 6.20 Å². The molecule has 5 heteroatoms. The summed E-state index contributed by atoms with van der Waals surface area (Å²) in [4.78, 5) is 12.7. The smallest absolute Gasteiger partial charge is 0.186 e. The van der Waals surface area contributed by atoms with Crippen LogP contribution in [0.1, 0.15) is 68.9 Å². The molecule has 1 fully saturated rings. The number of carbonyl (C=O) groups is 1. The Bertz CT molecular complexity index is 473. The van der Waals surface area contributed by atoms with E-state index in [1.807, 2.05) is 13.8 Å². The van der Waals surface area contributed by atoms with Gasteiger partial charge in [-0.1, -0.05) is 19.3 Å². The van der Waals surface area contributed by atoms with Gasteiger partial charge in [-0.25, -0.2) is 0 Å². The van der Waals surface area contributed by atoms with Gasteiger partial charge in [-0.05, 0) is 26.7 Å². The van der Waals surface area contributed by atoms with Gasteiger partial charge in [0.2, 0.25) is 0 Å². The summed E-state index contributed by atoms with van der Waals surface area (Å²) in [5.74, 6) is 0.584. The van der Waals surface area contributed by atoms with Crippen molar-refractivity contribution < 1.29 is 9.53 Å². The van der Waals surface area contributed by atoms with Crippen LogP contribution in [0.2, 0.25) is 0 Å². The molecule has 0 aliphatic heterocycles. The average Bonchev–Trinajstić information content (AvgIpc) is 2.83. The summed E-state index contributed by atoms with van der Waals surface area (Å²) in [6.07, 6.45) is 7.29. The lowest BCUT2D eigenvalue weighted by Crippen LogP contribution is -2.43. The zero-order valence-electron chi connectivity index (χ0n) is 12.7. The average molecular weight is 279 g/mol. The molecule has 0 bridgehead atoms. The van der Waals surface area contributed by atoms with Gasteiger partial charge >= 0.3 is 0 Å². The Morgan fingerprint density at radius 3 is 2.65 bits per heavy atom. The lowest BCUT2D eigenvalue weighted by atomic mass is 9.79. The molecule has 0 unspecified atom stereocenters. The molecule has 2 rings (SSSR count). The second kappa shape index (κ2) is 5.95. The second-order valence-electron chi connectivity index (χ2n) is 6.12. The van der Waals surface area contributed by atoms with Crippen LogP contribution in [0, 0.1) is 0 Å². The van der Waals surface area contributed by atoms with E-state index in [2.05, 4.69) is 5.10 Å². The van der Waals surface area contributed by atoms with Gasteiger partial charge < -0.3 is 10.5 Å². The van der Waals surface area contributed by atoms with E-state index in [0.717, 1.165) is 25.7 Å².